The smallest absolute Gasteiger partial charge is 0.414 e. The van der Waals surface area contributed by atoms with Gasteiger partial charge in [0.15, 0.2) is 0 Å². The van der Waals surface area contributed by atoms with Gasteiger partial charge in [0.25, 0.3) is 0 Å². The molecule has 1 heterocycles. The van der Waals surface area contributed by atoms with E-state index in [2.05, 4.69) is 15.9 Å². The molecule has 2 aromatic rings. The van der Waals surface area contributed by atoms with Crippen molar-refractivity contribution in [3.8, 4) is 0 Å². The third-order valence-corrected chi connectivity index (χ3v) is 4.97. The van der Waals surface area contributed by atoms with Crippen molar-refractivity contribution in [1.29, 1.82) is 0 Å². The molecule has 0 aromatic heterocycles. The predicted octanol–water partition coefficient (Wildman–Crippen LogP) is 3.63. The number of ether oxygens (including phenoxy) is 1. The van der Waals surface area contributed by atoms with Crippen LogP contribution in [-0.4, -0.2) is 34.0 Å². The Labute approximate surface area is 164 Å². The number of amides is 2. The van der Waals surface area contributed by atoms with Gasteiger partial charge < -0.3 is 9.84 Å². The number of hydrogen-bond donors (Lipinski definition) is 1. The summed E-state index contributed by atoms with van der Waals surface area (Å²) >= 11 is 3.38. The van der Waals surface area contributed by atoms with Crippen LogP contribution in [0.2, 0.25) is 0 Å². The first-order valence-corrected chi connectivity index (χ1v) is 9.26. The topological polar surface area (TPSA) is 83.9 Å². The minimum Gasteiger partial charge on any atom is -0.465 e. The third-order valence-electron chi connectivity index (χ3n) is 4.48. The second-order valence-electron chi connectivity index (χ2n) is 6.37. The highest BCUT2D eigenvalue weighted by Gasteiger charge is 2.47. The van der Waals surface area contributed by atoms with Crippen LogP contribution in [0.4, 0.5) is 4.79 Å². The summed E-state index contributed by atoms with van der Waals surface area (Å²) in [5.41, 5.74) is 1.69. The molecule has 1 fully saturated rings. The van der Waals surface area contributed by atoms with Crippen LogP contribution in [-0.2, 0) is 27.4 Å². The molecule has 0 aliphatic carbocycles. The van der Waals surface area contributed by atoms with E-state index in [4.69, 9.17) is 4.74 Å². The lowest BCUT2D eigenvalue weighted by Gasteiger charge is -2.18. The van der Waals surface area contributed by atoms with E-state index in [0.29, 0.717) is 11.3 Å². The van der Waals surface area contributed by atoms with Crippen molar-refractivity contribution in [3.05, 3.63) is 70.2 Å². The summed E-state index contributed by atoms with van der Waals surface area (Å²) in [6, 6.07) is 15.4. The van der Waals surface area contributed by atoms with Crippen LogP contribution in [0.25, 0.3) is 0 Å². The SMILES string of the molecule is O=C(OCc1ccccc1)[C@H]1C[C@H](Cc2cccc(Br)c2)C(=O)N1C(=O)O. The molecule has 2 amide bonds. The van der Waals surface area contributed by atoms with E-state index in [-0.39, 0.29) is 13.0 Å². The summed E-state index contributed by atoms with van der Waals surface area (Å²) in [5, 5.41) is 9.41. The van der Waals surface area contributed by atoms with Gasteiger partial charge in [-0.15, -0.1) is 0 Å². The third kappa shape index (κ3) is 4.54. The van der Waals surface area contributed by atoms with Crippen LogP contribution in [0.1, 0.15) is 17.5 Å². The summed E-state index contributed by atoms with van der Waals surface area (Å²) in [6.07, 6.45) is -0.950. The average molecular weight is 432 g/mol. The number of esters is 1. The highest BCUT2D eigenvalue weighted by molar-refractivity contribution is 9.10. The van der Waals surface area contributed by atoms with Gasteiger partial charge in [0.05, 0.1) is 0 Å². The number of likely N-dealkylation sites (tertiary alicyclic amines) is 1. The van der Waals surface area contributed by atoms with Crippen LogP contribution in [0.5, 0.6) is 0 Å². The predicted molar refractivity (Wildman–Crippen MR) is 101 cm³/mol. The molecule has 1 saturated heterocycles. The molecule has 0 radical (unpaired) electrons. The Balaban J connectivity index is 1.70. The summed E-state index contributed by atoms with van der Waals surface area (Å²) in [7, 11) is 0. The Kier molecular flexibility index (Phi) is 5.91. The summed E-state index contributed by atoms with van der Waals surface area (Å²) in [6.45, 7) is 0.0358. The van der Waals surface area contributed by atoms with Crippen LogP contribution >= 0.6 is 15.9 Å². The molecule has 0 unspecified atom stereocenters. The van der Waals surface area contributed by atoms with Gasteiger partial charge in [-0.05, 0) is 36.1 Å². The molecule has 140 valence electrons. The van der Waals surface area contributed by atoms with Crippen molar-refractivity contribution >= 4 is 33.9 Å². The van der Waals surface area contributed by atoms with Crippen molar-refractivity contribution in [2.24, 2.45) is 5.92 Å². The van der Waals surface area contributed by atoms with Gasteiger partial charge in [0.1, 0.15) is 12.6 Å². The second-order valence-corrected chi connectivity index (χ2v) is 7.28. The fraction of sp³-hybridized carbons (Fsp3) is 0.250. The number of carbonyl (C=O) groups is 3. The van der Waals surface area contributed by atoms with Crippen molar-refractivity contribution in [2.45, 2.75) is 25.5 Å². The average Bonchev–Trinajstić information content (AvgIpc) is 2.97. The summed E-state index contributed by atoms with van der Waals surface area (Å²) in [4.78, 5) is 37.1. The van der Waals surface area contributed by atoms with Gasteiger partial charge in [-0.1, -0.05) is 58.4 Å². The Hall–Kier alpha value is -2.67. The minimum atomic E-state index is -1.43. The lowest BCUT2D eigenvalue weighted by Crippen LogP contribution is -2.43. The highest BCUT2D eigenvalue weighted by Crippen LogP contribution is 2.29. The Morgan fingerprint density at radius 3 is 2.48 bits per heavy atom. The molecule has 2 aromatic carbocycles. The van der Waals surface area contributed by atoms with E-state index in [0.717, 1.165) is 15.6 Å². The molecule has 6 nitrogen and oxygen atoms in total. The molecule has 0 bridgehead atoms. The molecule has 27 heavy (non-hydrogen) atoms. The molecule has 3 rings (SSSR count). The van der Waals surface area contributed by atoms with Gasteiger partial charge in [0, 0.05) is 10.4 Å². The van der Waals surface area contributed by atoms with E-state index >= 15 is 0 Å². The van der Waals surface area contributed by atoms with Crippen molar-refractivity contribution in [2.75, 3.05) is 0 Å². The maximum atomic E-state index is 12.6. The van der Waals surface area contributed by atoms with Gasteiger partial charge in [0.2, 0.25) is 5.91 Å². The zero-order valence-corrected chi connectivity index (χ0v) is 16.0. The lowest BCUT2D eigenvalue weighted by atomic mass is 9.96. The van der Waals surface area contributed by atoms with Crippen LogP contribution in [0.3, 0.4) is 0 Å². The standard InChI is InChI=1S/C20H18BrNO5/c21-16-8-4-7-14(10-16)9-15-11-17(22(18(15)23)20(25)26)19(24)27-12-13-5-2-1-3-6-13/h1-8,10,15,17H,9,11-12H2,(H,25,26)/t15-,17+/m0/s1. The maximum absolute atomic E-state index is 12.6. The fourth-order valence-corrected chi connectivity index (χ4v) is 3.65. The minimum absolute atomic E-state index is 0.0358. The molecule has 2 atom stereocenters. The maximum Gasteiger partial charge on any atom is 0.414 e. The van der Waals surface area contributed by atoms with Crippen LogP contribution in [0, 0.1) is 5.92 Å². The summed E-state index contributed by atoms with van der Waals surface area (Å²) < 4.78 is 6.13. The first kappa shape index (κ1) is 19.1. The van der Waals surface area contributed by atoms with Crippen LogP contribution in [0.15, 0.2) is 59.1 Å². The molecule has 0 saturated carbocycles. The summed E-state index contributed by atoms with van der Waals surface area (Å²) in [5.74, 6) is -1.85. The normalized spacial score (nSPS) is 19.1. The number of benzene rings is 2. The van der Waals surface area contributed by atoms with Crippen LogP contribution < -0.4 is 0 Å². The Bertz CT molecular complexity index is 854. The fourth-order valence-electron chi connectivity index (χ4n) is 3.20. The zero-order valence-electron chi connectivity index (χ0n) is 14.4. The lowest BCUT2D eigenvalue weighted by molar-refractivity contribution is -0.152. The quantitative estimate of drug-likeness (QED) is 0.730. The molecule has 1 aliphatic rings. The van der Waals surface area contributed by atoms with Crippen molar-refractivity contribution < 1.29 is 24.2 Å². The number of rotatable bonds is 5. The second kappa shape index (κ2) is 8.35. The number of nitrogens with zero attached hydrogens (tertiary/aromatic N) is 1. The first-order chi connectivity index (χ1) is 13.0. The molecule has 1 N–H and O–H groups in total. The Morgan fingerprint density at radius 2 is 1.81 bits per heavy atom. The number of carboxylic acid groups (broad SMARTS) is 1. The number of imide groups is 1. The molecular weight excluding hydrogens is 414 g/mol. The van der Waals surface area contributed by atoms with E-state index in [9.17, 15) is 19.5 Å². The molecule has 7 heteroatoms. The largest absolute Gasteiger partial charge is 0.465 e. The zero-order chi connectivity index (χ0) is 19.4. The van der Waals surface area contributed by atoms with Gasteiger partial charge in [-0.3, -0.25) is 4.79 Å². The van der Waals surface area contributed by atoms with E-state index in [1.54, 1.807) is 12.1 Å². The van der Waals surface area contributed by atoms with Gasteiger partial charge in [-0.2, -0.15) is 0 Å². The van der Waals surface area contributed by atoms with Crippen molar-refractivity contribution in [1.82, 2.24) is 4.90 Å². The van der Waals surface area contributed by atoms with Gasteiger partial charge in [-0.25, -0.2) is 14.5 Å². The van der Waals surface area contributed by atoms with E-state index < -0.39 is 29.9 Å². The molecular formula is C20H18BrNO5. The van der Waals surface area contributed by atoms with E-state index in [1.165, 1.54) is 0 Å². The number of carbonyl (C=O) groups excluding carboxylic acids is 2. The molecule has 0 spiro atoms. The highest BCUT2D eigenvalue weighted by atomic mass is 79.9. The van der Waals surface area contributed by atoms with Gasteiger partial charge >= 0.3 is 12.1 Å². The van der Waals surface area contributed by atoms with E-state index in [1.807, 2.05) is 42.5 Å². The number of halogens is 1. The first-order valence-electron chi connectivity index (χ1n) is 8.46. The number of hydrogen-bond acceptors (Lipinski definition) is 4. The Morgan fingerprint density at radius 1 is 1.11 bits per heavy atom. The molecule has 1 aliphatic heterocycles. The van der Waals surface area contributed by atoms with Crippen molar-refractivity contribution in [3.63, 3.8) is 0 Å². The monoisotopic (exact) mass is 431 g/mol.